The van der Waals surface area contributed by atoms with Crippen molar-refractivity contribution in [3.05, 3.63) is 106 Å². The monoisotopic (exact) mass is 496 g/mol. The maximum absolute atomic E-state index is 6.58. The molecule has 168 valence electrons. The Bertz CT molecular complexity index is 1300. The number of aromatic nitrogens is 2. The molecule has 1 fully saturated rings. The third-order valence-electron chi connectivity index (χ3n) is 6.04. The van der Waals surface area contributed by atoms with Gasteiger partial charge in [-0.15, -0.1) is 0 Å². The predicted molar refractivity (Wildman–Crippen MR) is 135 cm³/mol. The molecule has 0 aliphatic carbocycles. The average molecular weight is 497 g/mol. The van der Waals surface area contributed by atoms with Crippen LogP contribution in [0.25, 0.3) is 5.69 Å². The summed E-state index contributed by atoms with van der Waals surface area (Å²) in [5.74, 6) is 0.848. The average Bonchev–Trinajstić information content (AvgIpc) is 3.49. The van der Waals surface area contributed by atoms with Gasteiger partial charge in [-0.05, 0) is 80.2 Å². The number of pyridine rings is 1. The van der Waals surface area contributed by atoms with Gasteiger partial charge in [0.25, 0.3) is 0 Å². The van der Waals surface area contributed by atoms with E-state index in [1.54, 1.807) is 12.3 Å². The first kappa shape index (κ1) is 22.0. The first-order valence-corrected chi connectivity index (χ1v) is 11.7. The molecular formula is C25H22Cl2N4OS. The quantitative estimate of drug-likeness (QED) is 0.317. The minimum absolute atomic E-state index is 0.0801. The lowest BCUT2D eigenvalue weighted by Crippen LogP contribution is -2.29. The standard InChI is InChI=1S/C25H22Cl2N4OS/c1-15-12-19(16(2)31(15)22-9-8-17(26)13-20(22)27)24-23(21-7-3-4-10-28-21)29-25(33)30(24)14-18-6-5-11-32-18/h3-13,23-24H,14H2,1-2H3,(H,29,33). The molecule has 4 aromatic rings. The summed E-state index contributed by atoms with van der Waals surface area (Å²) < 4.78 is 7.81. The van der Waals surface area contributed by atoms with E-state index in [9.17, 15) is 0 Å². The molecule has 8 heteroatoms. The lowest BCUT2D eigenvalue weighted by molar-refractivity contribution is 0.286. The molecule has 1 aliphatic heterocycles. The molecule has 1 N–H and O–H groups in total. The molecule has 2 unspecified atom stereocenters. The number of furan rings is 1. The van der Waals surface area contributed by atoms with E-state index in [0.29, 0.717) is 21.7 Å². The molecule has 4 heterocycles. The smallest absolute Gasteiger partial charge is 0.170 e. The Hall–Kier alpha value is -2.80. The molecule has 5 nitrogen and oxygen atoms in total. The topological polar surface area (TPSA) is 46.2 Å². The van der Waals surface area contributed by atoms with Gasteiger partial charge < -0.3 is 19.2 Å². The van der Waals surface area contributed by atoms with Crippen LogP contribution in [0.15, 0.2) is 71.5 Å². The van der Waals surface area contributed by atoms with E-state index >= 15 is 0 Å². The van der Waals surface area contributed by atoms with Gasteiger partial charge in [0.1, 0.15) is 5.76 Å². The molecule has 0 bridgehead atoms. The van der Waals surface area contributed by atoms with E-state index in [1.165, 1.54) is 0 Å². The molecule has 5 rings (SSSR count). The molecule has 33 heavy (non-hydrogen) atoms. The molecule has 1 saturated heterocycles. The Balaban J connectivity index is 1.64. The van der Waals surface area contributed by atoms with E-state index in [0.717, 1.165) is 34.1 Å². The molecule has 1 aromatic carbocycles. The first-order chi connectivity index (χ1) is 15.9. The summed E-state index contributed by atoms with van der Waals surface area (Å²) in [5, 5.41) is 5.37. The number of thiocarbonyl (C=S) groups is 1. The fourth-order valence-corrected chi connectivity index (χ4v) is 5.40. The number of benzene rings is 1. The summed E-state index contributed by atoms with van der Waals surface area (Å²) in [6, 6.07) is 17.4. The van der Waals surface area contributed by atoms with Crippen molar-refractivity contribution in [2.45, 2.75) is 32.5 Å². The van der Waals surface area contributed by atoms with E-state index in [2.05, 4.69) is 39.7 Å². The number of nitrogens with one attached hydrogen (secondary N) is 1. The molecule has 2 atom stereocenters. The van der Waals surface area contributed by atoms with E-state index in [1.807, 2.05) is 48.7 Å². The van der Waals surface area contributed by atoms with Crippen LogP contribution in [0.1, 0.15) is 40.5 Å². The second-order valence-electron chi connectivity index (χ2n) is 8.09. The second kappa shape index (κ2) is 8.86. The largest absolute Gasteiger partial charge is 0.467 e. The summed E-state index contributed by atoms with van der Waals surface area (Å²) in [6.45, 7) is 4.74. The van der Waals surface area contributed by atoms with Crippen LogP contribution in [0, 0.1) is 13.8 Å². The van der Waals surface area contributed by atoms with Crippen LogP contribution in [-0.4, -0.2) is 19.6 Å². The van der Waals surface area contributed by atoms with Crippen molar-refractivity contribution in [2.75, 3.05) is 0 Å². The Kier molecular flexibility index (Phi) is 5.91. The summed E-state index contributed by atoms with van der Waals surface area (Å²) in [6.07, 6.45) is 3.49. The van der Waals surface area contributed by atoms with Gasteiger partial charge >= 0.3 is 0 Å². The third-order valence-corrected chi connectivity index (χ3v) is 6.93. The van der Waals surface area contributed by atoms with Crippen molar-refractivity contribution >= 4 is 40.5 Å². The molecule has 0 amide bonds. The highest BCUT2D eigenvalue weighted by Gasteiger charge is 2.41. The Labute approximate surface area is 207 Å². The van der Waals surface area contributed by atoms with Crippen molar-refractivity contribution in [3.8, 4) is 5.69 Å². The van der Waals surface area contributed by atoms with Gasteiger partial charge in [-0.3, -0.25) is 4.98 Å². The predicted octanol–water partition coefficient (Wildman–Crippen LogP) is 6.56. The lowest BCUT2D eigenvalue weighted by Gasteiger charge is -2.27. The van der Waals surface area contributed by atoms with E-state index in [-0.39, 0.29) is 12.1 Å². The van der Waals surface area contributed by atoms with E-state index in [4.69, 9.17) is 39.8 Å². The molecule has 1 aliphatic rings. The van der Waals surface area contributed by atoms with Gasteiger partial charge in [0, 0.05) is 22.6 Å². The van der Waals surface area contributed by atoms with Gasteiger partial charge in [-0.2, -0.15) is 0 Å². The van der Waals surface area contributed by atoms with Crippen molar-refractivity contribution in [1.82, 2.24) is 19.8 Å². The second-order valence-corrected chi connectivity index (χ2v) is 9.32. The normalized spacial score (nSPS) is 18.1. The Morgan fingerprint density at radius 3 is 2.64 bits per heavy atom. The van der Waals surface area contributed by atoms with Crippen molar-refractivity contribution < 1.29 is 4.42 Å². The van der Waals surface area contributed by atoms with Crippen LogP contribution in [0.4, 0.5) is 0 Å². The minimum atomic E-state index is -0.108. The summed E-state index contributed by atoms with van der Waals surface area (Å²) in [5.41, 5.74) is 5.12. The number of rotatable bonds is 5. The van der Waals surface area contributed by atoms with Crippen LogP contribution in [0.2, 0.25) is 10.0 Å². The zero-order valence-electron chi connectivity index (χ0n) is 18.1. The van der Waals surface area contributed by atoms with E-state index < -0.39 is 0 Å². The number of nitrogens with zero attached hydrogens (tertiary/aromatic N) is 3. The van der Waals surface area contributed by atoms with Crippen LogP contribution < -0.4 is 5.32 Å². The van der Waals surface area contributed by atoms with Crippen molar-refractivity contribution in [1.29, 1.82) is 0 Å². The molecule has 0 saturated carbocycles. The number of aryl methyl sites for hydroxylation is 1. The maximum atomic E-state index is 6.58. The first-order valence-electron chi connectivity index (χ1n) is 10.6. The van der Waals surface area contributed by atoms with Gasteiger partial charge in [0.15, 0.2) is 5.11 Å². The van der Waals surface area contributed by atoms with Crippen molar-refractivity contribution in [3.63, 3.8) is 0 Å². The number of halogens is 2. The summed E-state index contributed by atoms with van der Waals surface area (Å²) in [7, 11) is 0. The number of hydrogen-bond acceptors (Lipinski definition) is 3. The van der Waals surface area contributed by atoms with Crippen LogP contribution in [0.3, 0.4) is 0 Å². The van der Waals surface area contributed by atoms with Gasteiger partial charge in [-0.25, -0.2) is 0 Å². The highest BCUT2D eigenvalue weighted by atomic mass is 35.5. The van der Waals surface area contributed by atoms with Crippen LogP contribution >= 0.6 is 35.4 Å². The highest BCUT2D eigenvalue weighted by molar-refractivity contribution is 7.80. The summed E-state index contributed by atoms with van der Waals surface area (Å²) >= 11 is 18.5. The SMILES string of the molecule is Cc1cc(C2C(c3ccccn3)NC(=S)N2Cc2ccco2)c(C)n1-c1ccc(Cl)cc1Cl. The summed E-state index contributed by atoms with van der Waals surface area (Å²) in [4.78, 5) is 6.80. The van der Waals surface area contributed by atoms with Crippen LogP contribution in [0.5, 0.6) is 0 Å². The van der Waals surface area contributed by atoms with Crippen molar-refractivity contribution in [2.24, 2.45) is 0 Å². The Morgan fingerprint density at radius 1 is 1.09 bits per heavy atom. The minimum Gasteiger partial charge on any atom is -0.467 e. The number of hydrogen-bond donors (Lipinski definition) is 1. The zero-order chi connectivity index (χ0) is 23.1. The zero-order valence-corrected chi connectivity index (χ0v) is 20.5. The Morgan fingerprint density at radius 2 is 1.94 bits per heavy atom. The van der Waals surface area contributed by atoms with Gasteiger partial charge in [0.2, 0.25) is 0 Å². The van der Waals surface area contributed by atoms with Crippen LogP contribution in [-0.2, 0) is 6.54 Å². The fraction of sp³-hybridized carbons (Fsp3) is 0.200. The molecule has 0 radical (unpaired) electrons. The van der Waals surface area contributed by atoms with Gasteiger partial charge in [-0.1, -0.05) is 29.3 Å². The highest BCUT2D eigenvalue weighted by Crippen LogP contribution is 2.42. The maximum Gasteiger partial charge on any atom is 0.170 e. The molecule has 3 aromatic heterocycles. The lowest BCUT2D eigenvalue weighted by atomic mass is 9.96. The molecule has 0 spiro atoms. The van der Waals surface area contributed by atoms with Gasteiger partial charge in [0.05, 0.1) is 41.3 Å². The third kappa shape index (κ3) is 4.03. The fourth-order valence-electron chi connectivity index (χ4n) is 4.61. The molecular weight excluding hydrogens is 475 g/mol.